The quantitative estimate of drug-likeness (QED) is 0.307. The maximum atomic E-state index is 12.5. The van der Waals surface area contributed by atoms with Crippen molar-refractivity contribution in [1.29, 1.82) is 0 Å². The highest BCUT2D eigenvalue weighted by Gasteiger charge is 2.23. The third-order valence-electron chi connectivity index (χ3n) is 6.50. The van der Waals surface area contributed by atoms with Crippen LogP contribution in [0.3, 0.4) is 0 Å². The Hall–Kier alpha value is -3.02. The van der Waals surface area contributed by atoms with E-state index in [9.17, 15) is 12.9 Å². The Morgan fingerprint density at radius 3 is 2.33 bits per heavy atom. The number of nitrogens with zero attached hydrogens (tertiary/aromatic N) is 2. The molecule has 36 heavy (non-hydrogen) atoms. The molecular weight excluding hydrogens is 485 g/mol. The minimum atomic E-state index is -3.65. The van der Waals surface area contributed by atoms with Crippen molar-refractivity contribution in [3.05, 3.63) is 48.5 Å². The fourth-order valence-corrected chi connectivity index (χ4v) is 5.53. The number of fused-ring (bicyclic) bond motifs is 1. The number of benzene rings is 2. The smallest absolute Gasteiger partial charge is 0.240 e. The lowest BCUT2D eigenvalue weighted by Crippen LogP contribution is -2.32. The van der Waals surface area contributed by atoms with E-state index in [0.717, 1.165) is 48.9 Å². The Morgan fingerprint density at radius 2 is 1.64 bits per heavy atom. The summed E-state index contributed by atoms with van der Waals surface area (Å²) in [5, 5.41) is 7.69. The highest BCUT2D eigenvalue weighted by Crippen LogP contribution is 2.29. The van der Waals surface area contributed by atoms with E-state index in [1.165, 1.54) is 24.3 Å². The van der Waals surface area contributed by atoms with Crippen LogP contribution in [-0.4, -0.2) is 51.7 Å². The van der Waals surface area contributed by atoms with Crippen molar-refractivity contribution in [3.8, 4) is 5.75 Å². The van der Waals surface area contributed by atoms with Crippen LogP contribution in [0, 0.1) is 11.8 Å². The number of para-hydroxylation sites is 1. The van der Waals surface area contributed by atoms with Crippen LogP contribution >= 0.6 is 0 Å². The summed E-state index contributed by atoms with van der Waals surface area (Å²) >= 11 is 0. The largest absolute Gasteiger partial charge is 0.383 e. The van der Waals surface area contributed by atoms with E-state index in [-0.39, 0.29) is 16.6 Å². The molecule has 1 fully saturated rings. The van der Waals surface area contributed by atoms with E-state index in [1.807, 2.05) is 24.3 Å². The maximum absolute atomic E-state index is 12.5. The van der Waals surface area contributed by atoms with E-state index in [0.29, 0.717) is 31.6 Å². The van der Waals surface area contributed by atoms with Crippen molar-refractivity contribution < 1.29 is 22.6 Å². The van der Waals surface area contributed by atoms with Crippen molar-refractivity contribution in [2.24, 2.45) is 11.8 Å². The van der Waals surface area contributed by atoms with Crippen LogP contribution in [0.25, 0.3) is 10.9 Å². The second-order valence-corrected chi connectivity index (χ2v) is 10.8. The number of ether oxygens (including phenoxy) is 1. The predicted octanol–water partition coefficient (Wildman–Crippen LogP) is 4.15. The maximum Gasteiger partial charge on any atom is 0.240 e. The molecule has 9 nitrogen and oxygen atoms in total. The highest BCUT2D eigenvalue weighted by molar-refractivity contribution is 7.89. The van der Waals surface area contributed by atoms with Gasteiger partial charge in [-0.1, -0.05) is 12.1 Å². The third-order valence-corrected chi connectivity index (χ3v) is 7.94. The highest BCUT2D eigenvalue weighted by atomic mass is 32.2. The number of halogens is 1. The summed E-state index contributed by atoms with van der Waals surface area (Å²) in [6.07, 6.45) is 3.86. The van der Waals surface area contributed by atoms with Crippen LogP contribution in [0.2, 0.25) is 0 Å². The Labute approximate surface area is 210 Å². The number of methoxy groups -OCH3 is 1. The second-order valence-electron chi connectivity index (χ2n) is 9.00. The first-order valence-corrected chi connectivity index (χ1v) is 13.6. The number of hydrogen-bond acceptors (Lipinski definition) is 8. The van der Waals surface area contributed by atoms with Gasteiger partial charge in [0, 0.05) is 36.7 Å². The molecule has 1 aliphatic rings. The van der Waals surface area contributed by atoms with Gasteiger partial charge in [-0.15, -0.1) is 0 Å². The van der Waals surface area contributed by atoms with Crippen LogP contribution in [0.4, 0.5) is 16.3 Å². The molecule has 2 aromatic carbocycles. The second kappa shape index (κ2) is 12.3. The molecule has 0 unspecified atom stereocenters. The number of rotatable bonds is 12. The summed E-state index contributed by atoms with van der Waals surface area (Å²) in [7, 11) is -1.98. The molecule has 4 rings (SSSR count). The standard InChI is InChI=1S/C25H32FN5O4S/c1-34-15-14-27-24-22-4-2-3-5-23(22)30-25(31-24)28-16-18-6-8-19(9-7-18)17-29-36(32,33)21-12-10-20(35-26)11-13-21/h2-5,10-13,18-19,29H,6-9,14-17H2,1H3,(H2,27,28,30,31)/t18-,19-. The molecule has 1 aliphatic carbocycles. The van der Waals surface area contributed by atoms with Crippen molar-refractivity contribution >= 4 is 32.7 Å². The number of anilines is 2. The van der Waals surface area contributed by atoms with Crippen molar-refractivity contribution in [2.45, 2.75) is 30.6 Å². The topological polar surface area (TPSA) is 114 Å². The molecule has 0 radical (unpaired) electrons. The zero-order chi connectivity index (χ0) is 25.4. The van der Waals surface area contributed by atoms with Crippen LogP contribution in [0.5, 0.6) is 5.75 Å². The normalized spacial score (nSPS) is 18.2. The number of nitrogens with one attached hydrogen (secondary N) is 3. The first-order chi connectivity index (χ1) is 17.5. The van der Waals surface area contributed by atoms with Crippen LogP contribution < -0.4 is 20.3 Å². The van der Waals surface area contributed by atoms with Crippen LogP contribution in [-0.2, 0) is 14.8 Å². The first kappa shape index (κ1) is 26.1. The molecule has 0 amide bonds. The summed E-state index contributed by atoms with van der Waals surface area (Å²) in [4.78, 5) is 13.0. The molecule has 0 spiro atoms. The lowest BCUT2D eigenvalue weighted by Gasteiger charge is -2.28. The molecule has 1 aromatic heterocycles. The first-order valence-electron chi connectivity index (χ1n) is 12.1. The summed E-state index contributed by atoms with van der Waals surface area (Å²) in [5.74, 6) is 2.08. The summed E-state index contributed by atoms with van der Waals surface area (Å²) in [6.45, 7) is 2.38. The van der Waals surface area contributed by atoms with Gasteiger partial charge in [0.05, 0.1) is 17.0 Å². The Morgan fingerprint density at radius 1 is 0.944 bits per heavy atom. The monoisotopic (exact) mass is 517 g/mol. The Bertz CT molecular complexity index is 1230. The lowest BCUT2D eigenvalue weighted by atomic mass is 9.82. The molecule has 3 N–H and O–H groups in total. The van der Waals surface area contributed by atoms with Gasteiger partial charge in [-0.05, 0) is 73.9 Å². The minimum Gasteiger partial charge on any atom is -0.383 e. The van der Waals surface area contributed by atoms with Crippen LogP contribution in [0.15, 0.2) is 53.4 Å². The van der Waals surface area contributed by atoms with Crippen molar-refractivity contribution in [2.75, 3.05) is 44.0 Å². The van der Waals surface area contributed by atoms with Gasteiger partial charge in [-0.25, -0.2) is 18.1 Å². The van der Waals surface area contributed by atoms with Gasteiger partial charge in [0.2, 0.25) is 16.0 Å². The average Bonchev–Trinajstić information content (AvgIpc) is 2.91. The molecule has 0 atom stereocenters. The van der Waals surface area contributed by atoms with Crippen LogP contribution in [0.1, 0.15) is 25.7 Å². The lowest BCUT2D eigenvalue weighted by molar-refractivity contribution is -0.00626. The SMILES string of the molecule is COCCNc1nc(NC[C@H]2CC[C@H](CNS(=O)(=O)c3ccc(OF)cc3)CC2)nc2ccccc12. The molecule has 194 valence electrons. The zero-order valence-corrected chi connectivity index (χ0v) is 21.1. The fourth-order valence-electron chi connectivity index (χ4n) is 4.42. The van der Waals surface area contributed by atoms with Gasteiger partial charge >= 0.3 is 0 Å². The van der Waals surface area contributed by atoms with E-state index in [2.05, 4.69) is 30.3 Å². The van der Waals surface area contributed by atoms with Gasteiger partial charge in [0.1, 0.15) is 5.82 Å². The molecule has 0 aliphatic heterocycles. The molecule has 0 saturated heterocycles. The Balaban J connectivity index is 1.26. The Kier molecular flexibility index (Phi) is 8.89. The molecule has 1 heterocycles. The number of aromatic nitrogens is 2. The predicted molar refractivity (Wildman–Crippen MR) is 137 cm³/mol. The summed E-state index contributed by atoms with van der Waals surface area (Å²) in [6, 6.07) is 13.1. The number of hydrogen-bond donors (Lipinski definition) is 3. The minimum absolute atomic E-state index is 0.0337. The molecule has 1 saturated carbocycles. The van der Waals surface area contributed by atoms with Gasteiger partial charge in [0.25, 0.3) is 0 Å². The molecule has 0 bridgehead atoms. The van der Waals surface area contributed by atoms with E-state index < -0.39 is 10.0 Å². The average molecular weight is 518 g/mol. The van der Waals surface area contributed by atoms with E-state index in [4.69, 9.17) is 4.74 Å². The van der Waals surface area contributed by atoms with Gasteiger partial charge in [-0.2, -0.15) is 4.98 Å². The van der Waals surface area contributed by atoms with E-state index in [1.54, 1.807) is 7.11 Å². The zero-order valence-electron chi connectivity index (χ0n) is 20.2. The van der Waals surface area contributed by atoms with E-state index >= 15 is 0 Å². The van der Waals surface area contributed by atoms with Gasteiger partial charge < -0.3 is 15.4 Å². The number of sulfonamides is 1. The fraction of sp³-hybridized carbons (Fsp3) is 0.440. The van der Waals surface area contributed by atoms with Crippen molar-refractivity contribution in [3.63, 3.8) is 0 Å². The third kappa shape index (κ3) is 6.80. The van der Waals surface area contributed by atoms with Gasteiger partial charge in [0.15, 0.2) is 5.75 Å². The molecular formula is C25H32FN5O4S. The molecule has 3 aromatic rings. The van der Waals surface area contributed by atoms with Gasteiger partial charge in [-0.3, -0.25) is 4.94 Å². The summed E-state index contributed by atoms with van der Waals surface area (Å²) in [5.41, 5.74) is 0.873. The van der Waals surface area contributed by atoms with Crippen molar-refractivity contribution in [1.82, 2.24) is 14.7 Å². The molecule has 11 heteroatoms. The summed E-state index contributed by atoms with van der Waals surface area (Å²) < 4.78 is 45.0.